The number of imide groups is 1. The number of thioether (sulfide) groups is 1. The van der Waals surface area contributed by atoms with Gasteiger partial charge in [0.1, 0.15) is 0 Å². The third kappa shape index (κ3) is 3.67. The summed E-state index contributed by atoms with van der Waals surface area (Å²) < 4.78 is 0. The summed E-state index contributed by atoms with van der Waals surface area (Å²) in [5, 5.41) is 2.83. The molecule has 29 heavy (non-hydrogen) atoms. The predicted molar refractivity (Wildman–Crippen MR) is 116 cm³/mol. The van der Waals surface area contributed by atoms with Crippen molar-refractivity contribution in [3.63, 3.8) is 0 Å². The molecule has 0 fully saturated rings. The molecule has 5 nitrogen and oxygen atoms in total. The van der Waals surface area contributed by atoms with Crippen molar-refractivity contribution in [1.82, 2.24) is 0 Å². The Balaban J connectivity index is 1.54. The number of rotatable bonds is 5. The molecule has 3 aromatic carbocycles. The molecule has 0 aliphatic carbocycles. The fraction of sp³-hybridized carbons (Fsp3) is 0.0870. The number of hydrogen-bond donors (Lipinski definition) is 1. The number of nitrogens with zero attached hydrogens (tertiary/aromatic N) is 1. The van der Waals surface area contributed by atoms with Crippen molar-refractivity contribution >= 4 is 40.9 Å². The van der Waals surface area contributed by atoms with Crippen LogP contribution in [0.2, 0.25) is 0 Å². The third-order valence-corrected chi connectivity index (χ3v) is 5.31. The van der Waals surface area contributed by atoms with Crippen LogP contribution in [0.5, 0.6) is 0 Å². The average Bonchev–Trinajstić information content (AvgIpc) is 2.99. The molecular formula is C23H18N2O3S. The largest absolute Gasteiger partial charge is 0.322 e. The number of fused-ring (bicyclic) bond motifs is 1. The van der Waals surface area contributed by atoms with Crippen LogP contribution in [-0.4, -0.2) is 24.0 Å². The molecule has 0 atom stereocenters. The van der Waals surface area contributed by atoms with E-state index in [2.05, 4.69) is 5.32 Å². The number of hydrogen-bond acceptors (Lipinski definition) is 4. The second-order valence-electron chi connectivity index (χ2n) is 6.63. The molecule has 0 saturated carbocycles. The molecule has 3 aromatic rings. The molecule has 144 valence electrons. The summed E-state index contributed by atoms with van der Waals surface area (Å²) in [7, 11) is 0. The van der Waals surface area contributed by atoms with Crippen molar-refractivity contribution in [3.05, 3.63) is 95.1 Å². The summed E-state index contributed by atoms with van der Waals surface area (Å²) in [5.74, 6) is -0.0818. The monoisotopic (exact) mass is 402 g/mol. The highest BCUT2D eigenvalue weighted by atomic mass is 32.2. The van der Waals surface area contributed by atoms with Gasteiger partial charge in [-0.25, -0.2) is 4.90 Å². The van der Waals surface area contributed by atoms with Gasteiger partial charge in [0.15, 0.2) is 0 Å². The van der Waals surface area contributed by atoms with Crippen LogP contribution in [0.25, 0.3) is 0 Å². The van der Waals surface area contributed by atoms with E-state index in [9.17, 15) is 14.4 Å². The van der Waals surface area contributed by atoms with Gasteiger partial charge in [0.25, 0.3) is 17.7 Å². The number of carbonyl (C=O) groups is 3. The van der Waals surface area contributed by atoms with Crippen molar-refractivity contribution in [2.24, 2.45) is 0 Å². The second kappa shape index (κ2) is 7.93. The van der Waals surface area contributed by atoms with Crippen LogP contribution in [0.15, 0.2) is 72.8 Å². The first-order chi connectivity index (χ1) is 14.1. The molecule has 0 bridgehead atoms. The number of anilines is 2. The Labute approximate surface area is 172 Å². The van der Waals surface area contributed by atoms with Crippen LogP contribution in [0.4, 0.5) is 11.4 Å². The highest BCUT2D eigenvalue weighted by Gasteiger charge is 2.36. The zero-order valence-corrected chi connectivity index (χ0v) is 16.5. The third-order valence-electron chi connectivity index (χ3n) is 4.68. The summed E-state index contributed by atoms with van der Waals surface area (Å²) >= 11 is 1.72. The van der Waals surface area contributed by atoms with E-state index in [1.54, 1.807) is 72.4 Å². The maximum absolute atomic E-state index is 12.7. The van der Waals surface area contributed by atoms with Crippen LogP contribution in [-0.2, 0) is 5.75 Å². The lowest BCUT2D eigenvalue weighted by Crippen LogP contribution is -2.29. The highest BCUT2D eigenvalue weighted by molar-refractivity contribution is 7.97. The summed E-state index contributed by atoms with van der Waals surface area (Å²) in [6.07, 6.45) is 2.03. The Kier molecular flexibility index (Phi) is 5.18. The predicted octanol–water partition coefficient (Wildman–Crippen LogP) is 4.60. The van der Waals surface area contributed by atoms with E-state index < -0.39 is 0 Å². The zero-order valence-electron chi connectivity index (χ0n) is 15.7. The van der Waals surface area contributed by atoms with E-state index in [1.165, 1.54) is 0 Å². The fourth-order valence-electron chi connectivity index (χ4n) is 3.27. The van der Waals surface area contributed by atoms with Crippen molar-refractivity contribution in [2.75, 3.05) is 16.5 Å². The van der Waals surface area contributed by atoms with Gasteiger partial charge in [0, 0.05) is 17.0 Å². The molecule has 0 spiro atoms. The van der Waals surface area contributed by atoms with Crippen molar-refractivity contribution in [1.29, 1.82) is 0 Å². The fourth-order valence-corrected chi connectivity index (χ4v) is 3.79. The molecule has 1 N–H and O–H groups in total. The number of amides is 3. The average molecular weight is 402 g/mol. The number of benzene rings is 3. The highest BCUT2D eigenvalue weighted by Crippen LogP contribution is 2.29. The van der Waals surface area contributed by atoms with Gasteiger partial charge < -0.3 is 5.32 Å². The maximum Gasteiger partial charge on any atom is 0.266 e. The van der Waals surface area contributed by atoms with Crippen molar-refractivity contribution in [2.45, 2.75) is 5.75 Å². The minimum absolute atomic E-state index is 0.250. The van der Waals surface area contributed by atoms with Crippen LogP contribution in [0.3, 0.4) is 0 Å². The molecular weight excluding hydrogens is 384 g/mol. The van der Waals surface area contributed by atoms with E-state index in [1.807, 2.05) is 18.4 Å². The van der Waals surface area contributed by atoms with Crippen molar-refractivity contribution in [3.8, 4) is 0 Å². The van der Waals surface area contributed by atoms with Gasteiger partial charge in [-0.1, -0.05) is 30.3 Å². The van der Waals surface area contributed by atoms with Gasteiger partial charge in [0.05, 0.1) is 16.8 Å². The molecule has 6 heteroatoms. The quantitative estimate of drug-likeness (QED) is 0.633. The molecule has 1 heterocycles. The first-order valence-corrected chi connectivity index (χ1v) is 10.4. The summed E-state index contributed by atoms with van der Waals surface area (Å²) in [6, 6.07) is 20.9. The van der Waals surface area contributed by atoms with E-state index in [4.69, 9.17) is 0 Å². The Morgan fingerprint density at radius 2 is 1.55 bits per heavy atom. The Bertz CT molecular complexity index is 1070. The second-order valence-corrected chi connectivity index (χ2v) is 7.49. The molecule has 4 rings (SSSR count). The molecule has 1 aliphatic heterocycles. The normalized spacial score (nSPS) is 12.8. The van der Waals surface area contributed by atoms with Gasteiger partial charge >= 0.3 is 0 Å². The zero-order chi connectivity index (χ0) is 20.4. The van der Waals surface area contributed by atoms with Gasteiger partial charge in [-0.05, 0) is 54.3 Å². The van der Waals surface area contributed by atoms with Crippen LogP contribution in [0.1, 0.15) is 36.6 Å². The van der Waals surface area contributed by atoms with Crippen LogP contribution < -0.4 is 10.2 Å². The Hall–Kier alpha value is -3.38. The Morgan fingerprint density at radius 1 is 0.897 bits per heavy atom. The first kappa shape index (κ1) is 19.0. The maximum atomic E-state index is 12.7. The minimum Gasteiger partial charge on any atom is -0.322 e. The first-order valence-electron chi connectivity index (χ1n) is 9.05. The van der Waals surface area contributed by atoms with Gasteiger partial charge in [0.2, 0.25) is 0 Å². The molecule has 0 aromatic heterocycles. The summed E-state index contributed by atoms with van der Waals surface area (Å²) in [4.78, 5) is 39.0. The Morgan fingerprint density at radius 3 is 2.17 bits per heavy atom. The standard InChI is InChI=1S/C23H18N2O3S/c1-29-14-15-9-11-16(12-10-15)21(26)24-17-5-4-6-18(13-17)25-22(27)19-7-2-3-8-20(19)23(25)28/h2-13H,14H2,1H3,(H,24,26). The minimum atomic E-state index is -0.363. The summed E-state index contributed by atoms with van der Waals surface area (Å²) in [5.41, 5.74) is 3.40. The molecule has 0 unspecified atom stereocenters. The van der Waals surface area contributed by atoms with E-state index in [0.717, 1.165) is 16.2 Å². The number of nitrogens with one attached hydrogen (secondary N) is 1. The molecule has 0 radical (unpaired) electrons. The lowest BCUT2D eigenvalue weighted by atomic mass is 10.1. The smallest absolute Gasteiger partial charge is 0.266 e. The number of carbonyl (C=O) groups excluding carboxylic acids is 3. The van der Waals surface area contributed by atoms with Gasteiger partial charge in [-0.3, -0.25) is 14.4 Å². The van der Waals surface area contributed by atoms with Crippen molar-refractivity contribution < 1.29 is 14.4 Å². The van der Waals surface area contributed by atoms with Crippen LogP contribution in [0, 0.1) is 0 Å². The lowest BCUT2D eigenvalue weighted by molar-refractivity contribution is 0.0925. The lowest BCUT2D eigenvalue weighted by Gasteiger charge is -2.15. The molecule has 1 aliphatic rings. The molecule has 0 saturated heterocycles. The van der Waals surface area contributed by atoms with E-state index >= 15 is 0 Å². The van der Waals surface area contributed by atoms with E-state index in [0.29, 0.717) is 28.1 Å². The van der Waals surface area contributed by atoms with Gasteiger partial charge in [-0.2, -0.15) is 11.8 Å². The summed E-state index contributed by atoms with van der Waals surface area (Å²) in [6.45, 7) is 0. The van der Waals surface area contributed by atoms with E-state index in [-0.39, 0.29) is 17.7 Å². The van der Waals surface area contributed by atoms with Crippen LogP contribution >= 0.6 is 11.8 Å². The molecule has 3 amide bonds. The van der Waals surface area contributed by atoms with Gasteiger partial charge in [-0.15, -0.1) is 0 Å². The topological polar surface area (TPSA) is 66.5 Å². The SMILES string of the molecule is CSCc1ccc(C(=O)Nc2cccc(N3C(=O)c4ccccc4C3=O)c2)cc1.